The van der Waals surface area contributed by atoms with Gasteiger partial charge in [-0.05, 0) is 25.5 Å². The second-order valence-corrected chi connectivity index (χ2v) is 6.40. The highest BCUT2D eigenvalue weighted by molar-refractivity contribution is 5.73. The van der Waals surface area contributed by atoms with Gasteiger partial charge in [-0.2, -0.15) is 5.10 Å². The van der Waals surface area contributed by atoms with Crippen LogP contribution in [0.4, 0.5) is 10.5 Å². The molecule has 0 unspecified atom stereocenters. The fourth-order valence-corrected chi connectivity index (χ4v) is 2.45. The second-order valence-electron chi connectivity index (χ2n) is 6.40. The molecule has 7 heteroatoms. The number of benzene rings is 1. The maximum absolute atomic E-state index is 11.9. The lowest BCUT2D eigenvalue weighted by molar-refractivity contribution is 0.0593. The largest absolute Gasteiger partial charge is 0.383 e. The summed E-state index contributed by atoms with van der Waals surface area (Å²) in [5.41, 5.74) is 0.665. The lowest BCUT2D eigenvalue weighted by Gasteiger charge is -2.22. The Morgan fingerprint density at radius 3 is 2.68 bits per heavy atom. The van der Waals surface area contributed by atoms with Gasteiger partial charge < -0.3 is 20.6 Å². The van der Waals surface area contributed by atoms with Crippen molar-refractivity contribution >= 4 is 11.7 Å². The van der Waals surface area contributed by atoms with Gasteiger partial charge in [0.1, 0.15) is 5.60 Å². The number of aryl methyl sites for hydroxylation is 1. The fourth-order valence-electron chi connectivity index (χ4n) is 2.45. The van der Waals surface area contributed by atoms with Crippen molar-refractivity contribution < 1.29 is 9.90 Å². The molecule has 0 aliphatic heterocycles. The molecule has 2 aromatic rings. The Balaban J connectivity index is 1.65. The van der Waals surface area contributed by atoms with Gasteiger partial charge in [-0.25, -0.2) is 4.79 Å². The molecule has 0 spiro atoms. The van der Waals surface area contributed by atoms with E-state index >= 15 is 0 Å². The highest BCUT2D eigenvalue weighted by atomic mass is 16.3. The van der Waals surface area contributed by atoms with Crippen LogP contribution in [0.5, 0.6) is 0 Å². The van der Waals surface area contributed by atoms with E-state index < -0.39 is 5.60 Å². The molecule has 0 saturated carbocycles. The standard InChI is InChI=1S/C18H27N5O2/c1-18(25,15-12-21-23(3)13-15)14-20-17(24)19-10-7-11-22(2)16-8-5-4-6-9-16/h4-6,8-9,12-13,25H,7,10-11,14H2,1-3H3,(H2,19,20,24)/t18-/m1/s1. The monoisotopic (exact) mass is 345 g/mol. The van der Waals surface area contributed by atoms with Crippen LogP contribution >= 0.6 is 0 Å². The summed E-state index contributed by atoms with van der Waals surface area (Å²) in [4.78, 5) is 14.0. The minimum absolute atomic E-state index is 0.119. The number of carbonyl (C=O) groups is 1. The van der Waals surface area contributed by atoms with Crippen molar-refractivity contribution in [3.05, 3.63) is 48.3 Å². The number of aromatic nitrogens is 2. The normalized spacial score (nSPS) is 13.1. The summed E-state index contributed by atoms with van der Waals surface area (Å²) in [6.45, 7) is 3.18. The molecule has 1 heterocycles. The number of hydrogen-bond donors (Lipinski definition) is 3. The van der Waals surface area contributed by atoms with E-state index in [4.69, 9.17) is 0 Å². The highest BCUT2D eigenvalue weighted by Gasteiger charge is 2.25. The first-order valence-corrected chi connectivity index (χ1v) is 8.38. The number of para-hydroxylation sites is 1. The Bertz CT molecular complexity index is 669. The van der Waals surface area contributed by atoms with Crippen LogP contribution in [0.2, 0.25) is 0 Å². The molecule has 136 valence electrons. The molecule has 1 aromatic heterocycles. The first-order valence-electron chi connectivity index (χ1n) is 8.38. The van der Waals surface area contributed by atoms with E-state index in [1.54, 1.807) is 31.0 Å². The summed E-state index contributed by atoms with van der Waals surface area (Å²) < 4.78 is 1.62. The Morgan fingerprint density at radius 1 is 1.32 bits per heavy atom. The van der Waals surface area contributed by atoms with Crippen molar-refractivity contribution in [1.29, 1.82) is 0 Å². The van der Waals surface area contributed by atoms with Gasteiger partial charge in [-0.3, -0.25) is 4.68 Å². The molecular weight excluding hydrogens is 318 g/mol. The third-order valence-corrected chi connectivity index (χ3v) is 4.07. The zero-order valence-corrected chi connectivity index (χ0v) is 15.1. The number of amides is 2. The van der Waals surface area contributed by atoms with Gasteiger partial charge in [0.15, 0.2) is 0 Å². The van der Waals surface area contributed by atoms with E-state index in [0.717, 1.165) is 18.7 Å². The van der Waals surface area contributed by atoms with Gasteiger partial charge in [0.25, 0.3) is 0 Å². The van der Waals surface area contributed by atoms with Crippen molar-refractivity contribution in [2.45, 2.75) is 18.9 Å². The summed E-state index contributed by atoms with van der Waals surface area (Å²) in [7, 11) is 3.81. The Hall–Kier alpha value is -2.54. The molecule has 0 fully saturated rings. The number of carbonyl (C=O) groups excluding carboxylic acids is 1. The zero-order valence-electron chi connectivity index (χ0n) is 15.1. The van der Waals surface area contributed by atoms with Gasteiger partial charge in [0.05, 0.1) is 12.7 Å². The van der Waals surface area contributed by atoms with Crippen LogP contribution in [0.15, 0.2) is 42.7 Å². The van der Waals surface area contributed by atoms with Crippen molar-refractivity contribution in [1.82, 2.24) is 20.4 Å². The lowest BCUT2D eigenvalue weighted by Crippen LogP contribution is -2.43. The molecule has 0 saturated heterocycles. The third-order valence-electron chi connectivity index (χ3n) is 4.07. The molecule has 0 radical (unpaired) electrons. The van der Waals surface area contributed by atoms with Crippen molar-refractivity contribution in [3.8, 4) is 0 Å². The molecule has 0 aliphatic carbocycles. The van der Waals surface area contributed by atoms with Crippen molar-refractivity contribution in [2.24, 2.45) is 7.05 Å². The van der Waals surface area contributed by atoms with Crippen LogP contribution in [0, 0.1) is 0 Å². The van der Waals surface area contributed by atoms with Crippen LogP contribution in [-0.4, -0.2) is 47.6 Å². The molecule has 3 N–H and O–H groups in total. The maximum Gasteiger partial charge on any atom is 0.314 e. The molecule has 25 heavy (non-hydrogen) atoms. The van der Waals surface area contributed by atoms with E-state index in [9.17, 15) is 9.90 Å². The predicted molar refractivity (Wildman–Crippen MR) is 98.5 cm³/mol. The van der Waals surface area contributed by atoms with E-state index in [1.807, 2.05) is 25.2 Å². The summed E-state index contributed by atoms with van der Waals surface area (Å²) in [5, 5.41) is 20.0. The van der Waals surface area contributed by atoms with E-state index in [1.165, 1.54) is 0 Å². The molecule has 0 aliphatic rings. The van der Waals surface area contributed by atoms with Gasteiger partial charge in [-0.1, -0.05) is 18.2 Å². The number of anilines is 1. The Kier molecular flexibility index (Phi) is 6.41. The summed E-state index contributed by atoms with van der Waals surface area (Å²) in [6.07, 6.45) is 4.16. The second kappa shape index (κ2) is 8.53. The number of nitrogens with zero attached hydrogens (tertiary/aromatic N) is 3. The fraction of sp³-hybridized carbons (Fsp3) is 0.444. The summed E-state index contributed by atoms with van der Waals surface area (Å²) in [6, 6.07) is 9.83. The average molecular weight is 345 g/mol. The number of nitrogens with one attached hydrogen (secondary N) is 2. The van der Waals surface area contributed by atoms with E-state index in [2.05, 4.69) is 32.8 Å². The van der Waals surface area contributed by atoms with E-state index in [-0.39, 0.29) is 12.6 Å². The maximum atomic E-state index is 11.9. The lowest BCUT2D eigenvalue weighted by atomic mass is 10.00. The Morgan fingerprint density at radius 2 is 2.04 bits per heavy atom. The minimum Gasteiger partial charge on any atom is -0.383 e. The SMILES string of the molecule is CN(CCCNC(=O)NC[C@@](C)(O)c1cnn(C)c1)c1ccccc1. The van der Waals surface area contributed by atoms with Crippen LogP contribution in [-0.2, 0) is 12.6 Å². The van der Waals surface area contributed by atoms with Gasteiger partial charge >= 0.3 is 6.03 Å². The van der Waals surface area contributed by atoms with Gasteiger partial charge in [0, 0.05) is 44.6 Å². The number of urea groups is 1. The van der Waals surface area contributed by atoms with Crippen LogP contribution < -0.4 is 15.5 Å². The highest BCUT2D eigenvalue weighted by Crippen LogP contribution is 2.18. The molecule has 1 aromatic carbocycles. The summed E-state index contributed by atoms with van der Waals surface area (Å²) >= 11 is 0. The smallest absolute Gasteiger partial charge is 0.314 e. The minimum atomic E-state index is -1.15. The molecule has 7 nitrogen and oxygen atoms in total. The number of hydrogen-bond acceptors (Lipinski definition) is 4. The van der Waals surface area contributed by atoms with Crippen molar-refractivity contribution in [2.75, 3.05) is 31.6 Å². The van der Waals surface area contributed by atoms with E-state index in [0.29, 0.717) is 12.1 Å². The zero-order chi connectivity index (χ0) is 18.3. The number of aliphatic hydroxyl groups is 1. The van der Waals surface area contributed by atoms with Crippen LogP contribution in [0.25, 0.3) is 0 Å². The quantitative estimate of drug-likeness (QED) is 0.633. The van der Waals surface area contributed by atoms with Crippen LogP contribution in [0.1, 0.15) is 18.9 Å². The molecular formula is C18H27N5O2. The number of rotatable bonds is 8. The topological polar surface area (TPSA) is 82.4 Å². The molecule has 0 bridgehead atoms. The first kappa shape index (κ1) is 18.8. The predicted octanol–water partition coefficient (Wildman–Crippen LogP) is 1.45. The van der Waals surface area contributed by atoms with Crippen molar-refractivity contribution in [3.63, 3.8) is 0 Å². The van der Waals surface area contributed by atoms with Gasteiger partial charge in [-0.15, -0.1) is 0 Å². The molecule has 2 amide bonds. The molecule has 1 atom stereocenters. The third kappa shape index (κ3) is 5.79. The summed E-state index contributed by atoms with van der Waals surface area (Å²) in [5.74, 6) is 0. The molecule has 2 rings (SSSR count). The van der Waals surface area contributed by atoms with Crippen LogP contribution in [0.3, 0.4) is 0 Å². The Labute approximate surface area is 148 Å². The average Bonchev–Trinajstić information content (AvgIpc) is 3.05. The first-order chi connectivity index (χ1) is 11.9. The van der Waals surface area contributed by atoms with Gasteiger partial charge in [0.2, 0.25) is 0 Å².